The second kappa shape index (κ2) is 7.76. The first-order valence-corrected chi connectivity index (χ1v) is 9.38. The van der Waals surface area contributed by atoms with Crippen LogP contribution in [0.25, 0.3) is 0 Å². The zero-order valence-electron chi connectivity index (χ0n) is 13.6. The summed E-state index contributed by atoms with van der Waals surface area (Å²) in [5.74, 6) is -1.13. The van der Waals surface area contributed by atoms with E-state index in [9.17, 15) is 23.1 Å². The van der Waals surface area contributed by atoms with Crippen molar-refractivity contribution in [2.45, 2.75) is 43.0 Å². The minimum Gasteiger partial charge on any atom is -0.480 e. The van der Waals surface area contributed by atoms with Crippen LogP contribution in [0.3, 0.4) is 0 Å². The van der Waals surface area contributed by atoms with E-state index >= 15 is 0 Å². The number of benzene rings is 1. The van der Waals surface area contributed by atoms with Gasteiger partial charge in [-0.2, -0.15) is 0 Å². The van der Waals surface area contributed by atoms with E-state index in [0.717, 1.165) is 18.4 Å². The van der Waals surface area contributed by atoms with Gasteiger partial charge < -0.3 is 10.0 Å². The number of carbonyl (C=O) groups excluding carboxylic acids is 1. The highest BCUT2D eigenvalue weighted by atomic mass is 32.2. The molecule has 7 nitrogen and oxygen atoms in total. The first kappa shape index (κ1) is 18.4. The van der Waals surface area contributed by atoms with Gasteiger partial charge in [0.2, 0.25) is 15.9 Å². The molecule has 1 heterocycles. The van der Waals surface area contributed by atoms with Gasteiger partial charge in [-0.15, -0.1) is 0 Å². The van der Waals surface area contributed by atoms with Gasteiger partial charge in [0, 0.05) is 13.0 Å². The smallest absolute Gasteiger partial charge is 0.326 e. The van der Waals surface area contributed by atoms with E-state index in [1.165, 1.54) is 24.1 Å². The van der Waals surface area contributed by atoms with Crippen LogP contribution in [0.1, 0.15) is 31.2 Å². The molecular formula is C16H22N2O5S. The summed E-state index contributed by atoms with van der Waals surface area (Å²) in [6.07, 6.45) is 2.80. The number of carboxylic acid groups (broad SMARTS) is 1. The number of rotatable bonds is 6. The Labute approximate surface area is 141 Å². The number of likely N-dealkylation sites (tertiary alicyclic amines) is 1. The number of aliphatic carboxylic acids is 1. The average molecular weight is 354 g/mol. The highest BCUT2D eigenvalue weighted by molar-refractivity contribution is 7.89. The standard InChI is InChI=1S/C16H22N2O5S/c1-17-24(22,23)13-8-5-12(6-9-13)7-10-15(19)18-11-3-2-4-14(18)16(20)21/h5-6,8-9,14,17H,2-4,7,10-11H2,1H3,(H,20,21)/t14-/m1/s1. The zero-order valence-corrected chi connectivity index (χ0v) is 14.4. The summed E-state index contributed by atoms with van der Waals surface area (Å²) in [6, 6.07) is 5.60. The second-order valence-corrected chi connectivity index (χ2v) is 7.67. The average Bonchev–Trinajstić information content (AvgIpc) is 2.60. The van der Waals surface area contributed by atoms with Crippen molar-refractivity contribution >= 4 is 21.9 Å². The number of amides is 1. The van der Waals surface area contributed by atoms with E-state index in [0.29, 0.717) is 19.4 Å². The third-order valence-corrected chi connectivity index (χ3v) is 5.67. The normalized spacial score (nSPS) is 18.4. The van der Waals surface area contributed by atoms with Gasteiger partial charge in [-0.25, -0.2) is 17.9 Å². The van der Waals surface area contributed by atoms with Gasteiger partial charge >= 0.3 is 5.97 Å². The highest BCUT2D eigenvalue weighted by Gasteiger charge is 2.31. The summed E-state index contributed by atoms with van der Waals surface area (Å²) >= 11 is 0. The first-order chi connectivity index (χ1) is 11.3. The molecule has 1 aliphatic rings. The number of nitrogens with one attached hydrogen (secondary N) is 1. The summed E-state index contributed by atoms with van der Waals surface area (Å²) in [4.78, 5) is 25.2. The molecule has 0 aromatic heterocycles. The van der Waals surface area contributed by atoms with Gasteiger partial charge in [0.15, 0.2) is 0 Å². The molecule has 8 heteroatoms. The predicted octanol–water partition coefficient (Wildman–Crippen LogP) is 0.993. The molecule has 1 saturated heterocycles. The number of sulfonamides is 1. The number of aryl methyl sites for hydroxylation is 1. The lowest BCUT2D eigenvalue weighted by Gasteiger charge is -2.33. The van der Waals surface area contributed by atoms with Crippen LogP contribution in [0, 0.1) is 0 Å². The van der Waals surface area contributed by atoms with Crippen LogP contribution in [0.5, 0.6) is 0 Å². The van der Waals surface area contributed by atoms with E-state index < -0.39 is 22.0 Å². The van der Waals surface area contributed by atoms with Gasteiger partial charge in [-0.05, 0) is 50.4 Å². The second-order valence-electron chi connectivity index (χ2n) is 5.79. The molecule has 2 N–H and O–H groups in total. The lowest BCUT2D eigenvalue weighted by atomic mass is 10.0. The van der Waals surface area contributed by atoms with Crippen LogP contribution in [0.2, 0.25) is 0 Å². The molecule has 0 bridgehead atoms. The third-order valence-electron chi connectivity index (χ3n) is 4.24. The van der Waals surface area contributed by atoms with Gasteiger partial charge in [-0.1, -0.05) is 12.1 Å². The Kier molecular flexibility index (Phi) is 5.95. The molecule has 2 rings (SSSR count). The van der Waals surface area contributed by atoms with Gasteiger partial charge in [-0.3, -0.25) is 4.79 Å². The van der Waals surface area contributed by atoms with E-state index in [1.807, 2.05) is 0 Å². The molecule has 1 amide bonds. The Morgan fingerprint density at radius 1 is 1.25 bits per heavy atom. The lowest BCUT2D eigenvalue weighted by Crippen LogP contribution is -2.48. The van der Waals surface area contributed by atoms with E-state index in [1.54, 1.807) is 12.1 Å². The van der Waals surface area contributed by atoms with Gasteiger partial charge in [0.05, 0.1) is 4.90 Å². The van der Waals surface area contributed by atoms with Crippen molar-refractivity contribution in [1.29, 1.82) is 0 Å². The molecule has 1 aromatic rings. The maximum atomic E-state index is 12.3. The lowest BCUT2D eigenvalue weighted by molar-refractivity contribution is -0.152. The monoisotopic (exact) mass is 354 g/mol. The largest absolute Gasteiger partial charge is 0.480 e. The molecule has 0 radical (unpaired) electrons. The van der Waals surface area contributed by atoms with E-state index in [-0.39, 0.29) is 17.2 Å². The summed E-state index contributed by atoms with van der Waals surface area (Å²) in [7, 11) is -2.12. The predicted molar refractivity (Wildman–Crippen MR) is 88.0 cm³/mol. The van der Waals surface area contributed by atoms with Crippen molar-refractivity contribution in [3.63, 3.8) is 0 Å². The summed E-state index contributed by atoms with van der Waals surface area (Å²) < 4.78 is 25.6. The molecule has 1 aliphatic heterocycles. The number of hydrogen-bond acceptors (Lipinski definition) is 4. The quantitative estimate of drug-likeness (QED) is 0.793. The third kappa shape index (κ3) is 4.33. The molecule has 1 atom stereocenters. The maximum absolute atomic E-state index is 12.3. The molecule has 132 valence electrons. The summed E-state index contributed by atoms with van der Waals surface area (Å²) in [5, 5.41) is 9.22. The van der Waals surface area contributed by atoms with Crippen LogP contribution in [-0.2, 0) is 26.0 Å². The van der Waals surface area contributed by atoms with Crippen molar-refractivity contribution in [1.82, 2.24) is 9.62 Å². The Balaban J connectivity index is 1.97. The van der Waals surface area contributed by atoms with E-state index in [4.69, 9.17) is 0 Å². The number of hydrogen-bond donors (Lipinski definition) is 2. The van der Waals surface area contributed by atoms with Crippen molar-refractivity contribution < 1.29 is 23.1 Å². The Morgan fingerprint density at radius 2 is 1.92 bits per heavy atom. The minimum absolute atomic E-state index is 0.169. The number of nitrogens with zero attached hydrogens (tertiary/aromatic N) is 1. The van der Waals surface area contributed by atoms with Gasteiger partial charge in [0.25, 0.3) is 0 Å². The fourth-order valence-electron chi connectivity index (χ4n) is 2.83. The molecular weight excluding hydrogens is 332 g/mol. The summed E-state index contributed by atoms with van der Waals surface area (Å²) in [5.41, 5.74) is 0.835. The fourth-order valence-corrected chi connectivity index (χ4v) is 3.56. The van der Waals surface area contributed by atoms with Crippen molar-refractivity contribution in [2.75, 3.05) is 13.6 Å². The van der Waals surface area contributed by atoms with Gasteiger partial charge in [0.1, 0.15) is 6.04 Å². The van der Waals surface area contributed by atoms with Crippen LogP contribution < -0.4 is 4.72 Å². The first-order valence-electron chi connectivity index (χ1n) is 7.90. The van der Waals surface area contributed by atoms with Crippen molar-refractivity contribution in [2.24, 2.45) is 0 Å². The molecule has 1 aromatic carbocycles. The Morgan fingerprint density at radius 3 is 2.50 bits per heavy atom. The molecule has 0 spiro atoms. The number of piperidine rings is 1. The minimum atomic E-state index is -3.47. The zero-order chi connectivity index (χ0) is 17.7. The Bertz CT molecular complexity index is 700. The van der Waals surface area contributed by atoms with Crippen molar-refractivity contribution in [3.8, 4) is 0 Å². The SMILES string of the molecule is CNS(=O)(=O)c1ccc(CCC(=O)N2CCCC[C@@H]2C(=O)O)cc1. The number of carboxylic acids is 1. The summed E-state index contributed by atoms with van der Waals surface area (Å²) in [6.45, 7) is 0.481. The topological polar surface area (TPSA) is 104 Å². The van der Waals surface area contributed by atoms with Crippen LogP contribution >= 0.6 is 0 Å². The number of carbonyl (C=O) groups is 2. The van der Waals surface area contributed by atoms with Crippen LogP contribution in [0.15, 0.2) is 29.2 Å². The van der Waals surface area contributed by atoms with Crippen LogP contribution in [-0.4, -0.2) is 49.9 Å². The Hall–Kier alpha value is -1.93. The molecule has 0 saturated carbocycles. The molecule has 0 unspecified atom stereocenters. The fraction of sp³-hybridized carbons (Fsp3) is 0.500. The molecule has 24 heavy (non-hydrogen) atoms. The highest BCUT2D eigenvalue weighted by Crippen LogP contribution is 2.19. The molecule has 0 aliphatic carbocycles. The van der Waals surface area contributed by atoms with Crippen LogP contribution in [0.4, 0.5) is 0 Å². The van der Waals surface area contributed by atoms with Crippen molar-refractivity contribution in [3.05, 3.63) is 29.8 Å². The van der Waals surface area contributed by atoms with E-state index in [2.05, 4.69) is 4.72 Å². The molecule has 1 fully saturated rings. The maximum Gasteiger partial charge on any atom is 0.326 e.